The van der Waals surface area contributed by atoms with Crippen LogP contribution in [0.25, 0.3) is 21.5 Å². The molecule has 0 aliphatic carbocycles. The molecular weight excluding hydrogens is 414 g/mol. The fourth-order valence-electron chi connectivity index (χ4n) is 3.05. The van der Waals surface area contributed by atoms with Gasteiger partial charge in [-0.15, -0.1) is 0 Å². The molecule has 7 heteroatoms. The van der Waals surface area contributed by atoms with Gasteiger partial charge in [0.1, 0.15) is 12.1 Å². The second-order valence-corrected chi connectivity index (χ2v) is 8.08. The number of fused-ring (bicyclic) bond motifs is 1. The average molecular weight is 430 g/mol. The summed E-state index contributed by atoms with van der Waals surface area (Å²) in [6, 6.07) is 25.7. The monoisotopic (exact) mass is 429 g/mol. The SMILES string of the molecule is Clc1ccc2nc(Nc3ccc(Nc4cc(-c5ccccc5)ncn4)cc3)sc2c1. The van der Waals surface area contributed by atoms with E-state index in [0.717, 1.165) is 43.8 Å². The summed E-state index contributed by atoms with van der Waals surface area (Å²) in [4.78, 5) is 13.3. The number of nitrogens with zero attached hydrogens (tertiary/aromatic N) is 3. The van der Waals surface area contributed by atoms with Crippen LogP contribution in [0.3, 0.4) is 0 Å². The molecule has 0 fully saturated rings. The molecule has 0 saturated carbocycles. The normalized spacial score (nSPS) is 10.8. The molecule has 5 rings (SSSR count). The highest BCUT2D eigenvalue weighted by Gasteiger charge is 2.06. The van der Waals surface area contributed by atoms with Gasteiger partial charge in [0.25, 0.3) is 0 Å². The highest BCUT2D eigenvalue weighted by molar-refractivity contribution is 7.22. The van der Waals surface area contributed by atoms with Crippen LogP contribution in [-0.2, 0) is 0 Å². The Labute approximate surface area is 182 Å². The van der Waals surface area contributed by atoms with Crippen LogP contribution in [0.2, 0.25) is 5.02 Å². The fourth-order valence-corrected chi connectivity index (χ4v) is 4.21. The first-order valence-corrected chi connectivity index (χ1v) is 10.5. The highest BCUT2D eigenvalue weighted by atomic mass is 35.5. The van der Waals surface area contributed by atoms with E-state index in [1.54, 1.807) is 17.7 Å². The molecule has 0 atom stereocenters. The Morgan fingerprint density at radius 1 is 0.767 bits per heavy atom. The maximum Gasteiger partial charge on any atom is 0.188 e. The van der Waals surface area contributed by atoms with Crippen molar-refractivity contribution < 1.29 is 0 Å². The van der Waals surface area contributed by atoms with Crippen LogP contribution in [0.5, 0.6) is 0 Å². The standard InChI is InChI=1S/C23H16ClN5S/c24-16-6-11-19-21(12-16)30-23(29-19)28-18-9-7-17(8-10-18)27-22-13-20(25-14-26-22)15-4-2-1-3-5-15/h1-14H,(H,28,29)(H,25,26,27). The maximum atomic E-state index is 6.06. The molecule has 0 aliphatic heterocycles. The number of nitrogens with one attached hydrogen (secondary N) is 2. The largest absolute Gasteiger partial charge is 0.340 e. The first-order valence-electron chi connectivity index (χ1n) is 9.31. The predicted octanol–water partition coefficient (Wildman–Crippen LogP) is 6.89. The van der Waals surface area contributed by atoms with Crippen molar-refractivity contribution in [2.75, 3.05) is 10.6 Å². The van der Waals surface area contributed by atoms with Crippen molar-refractivity contribution >= 4 is 55.5 Å². The second-order valence-electron chi connectivity index (χ2n) is 6.61. The van der Waals surface area contributed by atoms with Crippen LogP contribution >= 0.6 is 22.9 Å². The van der Waals surface area contributed by atoms with Gasteiger partial charge >= 0.3 is 0 Å². The summed E-state index contributed by atoms with van der Waals surface area (Å²) < 4.78 is 1.06. The molecule has 3 aromatic carbocycles. The molecule has 0 saturated heterocycles. The van der Waals surface area contributed by atoms with E-state index in [1.807, 2.05) is 78.9 Å². The van der Waals surface area contributed by atoms with Gasteiger partial charge in [-0.05, 0) is 42.5 Å². The number of hydrogen-bond donors (Lipinski definition) is 2. The Balaban J connectivity index is 1.30. The zero-order valence-electron chi connectivity index (χ0n) is 15.7. The van der Waals surface area contributed by atoms with E-state index < -0.39 is 0 Å². The number of rotatable bonds is 5. The number of benzene rings is 3. The molecule has 0 bridgehead atoms. The van der Waals surface area contributed by atoms with Crippen LogP contribution < -0.4 is 10.6 Å². The Kier molecular flexibility index (Phi) is 5.01. The quantitative estimate of drug-likeness (QED) is 0.318. The number of thiazole rings is 1. The van der Waals surface area contributed by atoms with Crippen LogP contribution in [0.1, 0.15) is 0 Å². The van der Waals surface area contributed by atoms with Crippen molar-refractivity contribution in [2.24, 2.45) is 0 Å². The lowest BCUT2D eigenvalue weighted by Crippen LogP contribution is -1.96. The molecular formula is C23H16ClN5S. The van der Waals surface area contributed by atoms with Crippen molar-refractivity contribution in [3.8, 4) is 11.3 Å². The van der Waals surface area contributed by atoms with Gasteiger partial charge in [0.15, 0.2) is 5.13 Å². The zero-order valence-corrected chi connectivity index (χ0v) is 17.3. The lowest BCUT2D eigenvalue weighted by molar-refractivity contribution is 1.17. The van der Waals surface area contributed by atoms with Gasteiger partial charge in [-0.2, -0.15) is 0 Å². The van der Waals surface area contributed by atoms with Crippen molar-refractivity contribution in [3.63, 3.8) is 0 Å². The number of aromatic nitrogens is 3. The summed E-state index contributed by atoms with van der Waals surface area (Å²) in [6.45, 7) is 0. The molecule has 146 valence electrons. The van der Waals surface area contributed by atoms with Crippen LogP contribution in [0, 0.1) is 0 Å². The van der Waals surface area contributed by atoms with E-state index in [0.29, 0.717) is 5.02 Å². The molecule has 30 heavy (non-hydrogen) atoms. The molecule has 2 N–H and O–H groups in total. The molecule has 5 nitrogen and oxygen atoms in total. The minimum absolute atomic E-state index is 0.716. The second kappa shape index (κ2) is 8.10. The zero-order chi connectivity index (χ0) is 20.3. The molecule has 0 aliphatic rings. The van der Waals surface area contributed by atoms with Crippen LogP contribution in [0.4, 0.5) is 22.3 Å². The molecule has 0 spiro atoms. The third-order valence-electron chi connectivity index (χ3n) is 4.50. The molecule has 2 heterocycles. The highest BCUT2D eigenvalue weighted by Crippen LogP contribution is 2.30. The van der Waals surface area contributed by atoms with Crippen molar-refractivity contribution in [1.29, 1.82) is 0 Å². The number of anilines is 4. The molecule has 0 unspecified atom stereocenters. The van der Waals surface area contributed by atoms with E-state index in [2.05, 4.69) is 25.6 Å². The molecule has 5 aromatic rings. The van der Waals surface area contributed by atoms with Crippen LogP contribution in [-0.4, -0.2) is 15.0 Å². The van der Waals surface area contributed by atoms with Gasteiger partial charge in [0.05, 0.1) is 15.9 Å². The van der Waals surface area contributed by atoms with Gasteiger partial charge in [0, 0.05) is 28.0 Å². The lowest BCUT2D eigenvalue weighted by atomic mass is 10.1. The van der Waals surface area contributed by atoms with Crippen LogP contribution in [0.15, 0.2) is 85.2 Å². The third kappa shape index (κ3) is 4.10. The van der Waals surface area contributed by atoms with E-state index in [-0.39, 0.29) is 0 Å². The van der Waals surface area contributed by atoms with Gasteiger partial charge in [-0.3, -0.25) is 0 Å². The van der Waals surface area contributed by atoms with E-state index >= 15 is 0 Å². The minimum atomic E-state index is 0.716. The minimum Gasteiger partial charge on any atom is -0.340 e. The Bertz CT molecular complexity index is 1300. The summed E-state index contributed by atoms with van der Waals surface area (Å²) in [6.07, 6.45) is 1.57. The summed E-state index contributed by atoms with van der Waals surface area (Å²) in [5.74, 6) is 0.743. The average Bonchev–Trinajstić information content (AvgIpc) is 3.17. The smallest absolute Gasteiger partial charge is 0.188 e. The van der Waals surface area contributed by atoms with Gasteiger partial charge in [-0.25, -0.2) is 15.0 Å². The lowest BCUT2D eigenvalue weighted by Gasteiger charge is -2.08. The summed E-state index contributed by atoms with van der Waals surface area (Å²) in [5, 5.41) is 8.22. The predicted molar refractivity (Wildman–Crippen MR) is 125 cm³/mol. The van der Waals surface area contributed by atoms with Crippen molar-refractivity contribution in [1.82, 2.24) is 15.0 Å². The summed E-state index contributed by atoms with van der Waals surface area (Å²) in [5.41, 5.74) is 4.76. The summed E-state index contributed by atoms with van der Waals surface area (Å²) >= 11 is 7.63. The molecule has 0 amide bonds. The first-order chi connectivity index (χ1) is 14.7. The van der Waals surface area contributed by atoms with Crippen molar-refractivity contribution in [3.05, 3.63) is 90.2 Å². The van der Waals surface area contributed by atoms with Gasteiger partial charge in [-0.1, -0.05) is 53.3 Å². The van der Waals surface area contributed by atoms with Gasteiger partial charge < -0.3 is 10.6 Å². The molecule has 0 radical (unpaired) electrons. The third-order valence-corrected chi connectivity index (χ3v) is 5.66. The summed E-state index contributed by atoms with van der Waals surface area (Å²) in [7, 11) is 0. The Hall–Kier alpha value is -3.48. The van der Waals surface area contributed by atoms with E-state index in [9.17, 15) is 0 Å². The first kappa shape index (κ1) is 18.5. The Morgan fingerprint density at radius 3 is 2.33 bits per heavy atom. The van der Waals surface area contributed by atoms with E-state index in [4.69, 9.17) is 11.6 Å². The maximum absolute atomic E-state index is 6.06. The number of hydrogen-bond acceptors (Lipinski definition) is 6. The van der Waals surface area contributed by atoms with E-state index in [1.165, 1.54) is 0 Å². The fraction of sp³-hybridized carbons (Fsp3) is 0. The number of halogens is 1. The van der Waals surface area contributed by atoms with Gasteiger partial charge in [0.2, 0.25) is 0 Å². The molecule has 2 aromatic heterocycles. The topological polar surface area (TPSA) is 62.7 Å². The Morgan fingerprint density at radius 2 is 1.53 bits per heavy atom. The van der Waals surface area contributed by atoms with Crippen molar-refractivity contribution in [2.45, 2.75) is 0 Å².